The first-order valence-corrected chi connectivity index (χ1v) is 9.38. The summed E-state index contributed by atoms with van der Waals surface area (Å²) in [6.45, 7) is 1.92. The number of amides is 1. The first-order valence-electron chi connectivity index (χ1n) is 9.00. The summed E-state index contributed by atoms with van der Waals surface area (Å²) in [5, 5.41) is 0.392. The van der Waals surface area contributed by atoms with Gasteiger partial charge in [-0.25, -0.2) is 0 Å². The fourth-order valence-electron chi connectivity index (χ4n) is 3.88. The van der Waals surface area contributed by atoms with Crippen molar-refractivity contribution in [3.05, 3.63) is 46.5 Å². The SMILES string of the molecule is O=C(c1cc(Cl)c2c(c1)OCO2)N1CCC[C@@H]1c1ccc2c(c1)OCCO2. The lowest BCUT2D eigenvalue weighted by molar-refractivity contribution is 0.0734. The number of ether oxygens (including phenoxy) is 4. The third kappa shape index (κ3) is 2.84. The molecule has 1 fully saturated rings. The van der Waals surface area contributed by atoms with Crippen molar-refractivity contribution in [2.24, 2.45) is 0 Å². The Bertz CT molecular complexity index is 915. The molecule has 0 bridgehead atoms. The van der Waals surface area contributed by atoms with E-state index < -0.39 is 0 Å². The van der Waals surface area contributed by atoms with E-state index in [4.69, 9.17) is 30.5 Å². The molecule has 0 aliphatic carbocycles. The molecule has 0 aromatic heterocycles. The number of likely N-dealkylation sites (tertiary alicyclic amines) is 1. The van der Waals surface area contributed by atoms with Crippen molar-refractivity contribution in [3.63, 3.8) is 0 Å². The third-order valence-electron chi connectivity index (χ3n) is 5.14. The van der Waals surface area contributed by atoms with Gasteiger partial charge in [0.2, 0.25) is 6.79 Å². The van der Waals surface area contributed by atoms with E-state index in [1.165, 1.54) is 0 Å². The highest BCUT2D eigenvalue weighted by Crippen LogP contribution is 2.42. The Morgan fingerprint density at radius 2 is 1.85 bits per heavy atom. The van der Waals surface area contributed by atoms with Crippen LogP contribution in [-0.2, 0) is 0 Å². The Balaban J connectivity index is 1.44. The standard InChI is InChI=1S/C20H18ClNO5/c21-14-8-13(10-18-19(14)27-11-26-18)20(23)22-5-1-2-15(22)12-3-4-16-17(9-12)25-7-6-24-16/h3-4,8-10,15H,1-2,5-7,11H2/t15-/m1/s1. The quantitative estimate of drug-likeness (QED) is 0.784. The van der Waals surface area contributed by atoms with Crippen LogP contribution in [-0.4, -0.2) is 37.4 Å². The molecule has 3 heterocycles. The Morgan fingerprint density at radius 1 is 1.00 bits per heavy atom. The zero-order valence-electron chi connectivity index (χ0n) is 14.6. The van der Waals surface area contributed by atoms with Crippen LogP contribution in [0.3, 0.4) is 0 Å². The Kier molecular flexibility index (Phi) is 4.01. The molecule has 0 unspecified atom stereocenters. The molecule has 0 radical (unpaired) electrons. The lowest BCUT2D eigenvalue weighted by Gasteiger charge is -2.27. The van der Waals surface area contributed by atoms with Crippen LogP contribution in [0.4, 0.5) is 0 Å². The van der Waals surface area contributed by atoms with E-state index in [1.54, 1.807) is 12.1 Å². The van der Waals surface area contributed by atoms with Crippen LogP contribution < -0.4 is 18.9 Å². The average molecular weight is 388 g/mol. The van der Waals surface area contributed by atoms with Gasteiger partial charge in [0.25, 0.3) is 5.91 Å². The number of fused-ring (bicyclic) bond motifs is 2. The predicted molar refractivity (Wildman–Crippen MR) is 98.0 cm³/mol. The molecule has 2 aromatic carbocycles. The van der Waals surface area contributed by atoms with Crippen molar-refractivity contribution in [2.75, 3.05) is 26.6 Å². The zero-order chi connectivity index (χ0) is 18.4. The van der Waals surface area contributed by atoms with E-state index in [1.807, 2.05) is 23.1 Å². The van der Waals surface area contributed by atoms with Gasteiger partial charge in [0, 0.05) is 12.1 Å². The lowest BCUT2D eigenvalue weighted by Crippen LogP contribution is -2.30. The summed E-state index contributed by atoms with van der Waals surface area (Å²) in [5.41, 5.74) is 1.56. The molecular formula is C20H18ClNO5. The molecular weight excluding hydrogens is 370 g/mol. The van der Waals surface area contributed by atoms with Gasteiger partial charge in [-0.1, -0.05) is 17.7 Å². The van der Waals surface area contributed by atoms with E-state index in [0.29, 0.717) is 41.8 Å². The summed E-state index contributed by atoms with van der Waals surface area (Å²) in [6, 6.07) is 9.26. The number of carbonyl (C=O) groups excluding carboxylic acids is 1. The van der Waals surface area contributed by atoms with Crippen molar-refractivity contribution in [3.8, 4) is 23.0 Å². The maximum absolute atomic E-state index is 13.2. The number of halogens is 1. The fourth-order valence-corrected chi connectivity index (χ4v) is 4.15. The molecule has 27 heavy (non-hydrogen) atoms. The van der Waals surface area contributed by atoms with Crippen molar-refractivity contribution in [1.82, 2.24) is 4.90 Å². The number of hydrogen-bond acceptors (Lipinski definition) is 5. The molecule has 6 nitrogen and oxygen atoms in total. The molecule has 7 heteroatoms. The van der Waals surface area contributed by atoms with Crippen molar-refractivity contribution >= 4 is 17.5 Å². The van der Waals surface area contributed by atoms with Gasteiger partial charge in [0.05, 0.1) is 11.1 Å². The molecule has 1 amide bonds. The van der Waals surface area contributed by atoms with Crippen LogP contribution >= 0.6 is 11.6 Å². The molecule has 5 rings (SSSR count). The first kappa shape index (κ1) is 16.6. The van der Waals surface area contributed by atoms with Gasteiger partial charge < -0.3 is 23.8 Å². The summed E-state index contributed by atoms with van der Waals surface area (Å²) in [4.78, 5) is 15.1. The van der Waals surface area contributed by atoms with Gasteiger partial charge in [0.1, 0.15) is 13.2 Å². The molecule has 2 aromatic rings. The third-order valence-corrected chi connectivity index (χ3v) is 5.42. The summed E-state index contributed by atoms with van der Waals surface area (Å²) in [7, 11) is 0. The molecule has 3 aliphatic rings. The number of hydrogen-bond donors (Lipinski definition) is 0. The minimum atomic E-state index is -0.0624. The minimum absolute atomic E-state index is 0.00229. The van der Waals surface area contributed by atoms with Gasteiger partial charge in [-0.15, -0.1) is 0 Å². The summed E-state index contributed by atoms with van der Waals surface area (Å²) in [6.07, 6.45) is 1.85. The maximum Gasteiger partial charge on any atom is 0.254 e. The van der Waals surface area contributed by atoms with Gasteiger partial charge in [-0.3, -0.25) is 4.79 Å². The second kappa shape index (κ2) is 6.53. The number of rotatable bonds is 2. The van der Waals surface area contributed by atoms with Gasteiger partial charge in [0.15, 0.2) is 23.0 Å². The van der Waals surface area contributed by atoms with Crippen molar-refractivity contribution < 1.29 is 23.7 Å². The first-order chi connectivity index (χ1) is 13.2. The Hall–Kier alpha value is -2.60. The highest BCUT2D eigenvalue weighted by atomic mass is 35.5. The second-order valence-corrected chi connectivity index (χ2v) is 7.16. The molecule has 1 atom stereocenters. The minimum Gasteiger partial charge on any atom is -0.486 e. The van der Waals surface area contributed by atoms with Crippen molar-refractivity contribution in [1.29, 1.82) is 0 Å². The summed E-state index contributed by atoms with van der Waals surface area (Å²) < 4.78 is 22.0. The van der Waals surface area contributed by atoms with E-state index in [0.717, 1.165) is 29.9 Å². The van der Waals surface area contributed by atoms with Crippen molar-refractivity contribution in [2.45, 2.75) is 18.9 Å². The van der Waals surface area contributed by atoms with E-state index >= 15 is 0 Å². The molecule has 1 saturated heterocycles. The molecule has 0 N–H and O–H groups in total. The molecule has 0 spiro atoms. The van der Waals surface area contributed by atoms with E-state index in [2.05, 4.69) is 0 Å². The Morgan fingerprint density at radius 3 is 2.74 bits per heavy atom. The van der Waals surface area contributed by atoms with Crippen LogP contribution in [0.2, 0.25) is 5.02 Å². The van der Waals surface area contributed by atoms with Crippen LogP contribution in [0.25, 0.3) is 0 Å². The summed E-state index contributed by atoms with van der Waals surface area (Å²) >= 11 is 6.25. The lowest BCUT2D eigenvalue weighted by atomic mass is 10.0. The topological polar surface area (TPSA) is 57.2 Å². The van der Waals surface area contributed by atoms with E-state index in [9.17, 15) is 4.79 Å². The average Bonchev–Trinajstić information content (AvgIpc) is 3.36. The van der Waals surface area contributed by atoms with Crippen LogP contribution in [0, 0.1) is 0 Å². The Labute approximate surface area is 161 Å². The maximum atomic E-state index is 13.2. The zero-order valence-corrected chi connectivity index (χ0v) is 15.3. The van der Waals surface area contributed by atoms with Crippen LogP contribution in [0.5, 0.6) is 23.0 Å². The normalized spacial score (nSPS) is 20.0. The highest BCUT2D eigenvalue weighted by molar-refractivity contribution is 6.32. The van der Waals surface area contributed by atoms with Gasteiger partial charge >= 0.3 is 0 Å². The molecule has 0 saturated carbocycles. The number of nitrogens with zero attached hydrogens (tertiary/aromatic N) is 1. The monoisotopic (exact) mass is 387 g/mol. The number of carbonyl (C=O) groups is 1. The van der Waals surface area contributed by atoms with E-state index in [-0.39, 0.29) is 18.7 Å². The summed E-state index contributed by atoms with van der Waals surface area (Å²) in [5.74, 6) is 2.44. The molecule has 140 valence electrons. The van der Waals surface area contributed by atoms with Crippen LogP contribution in [0.1, 0.15) is 34.8 Å². The number of benzene rings is 2. The highest BCUT2D eigenvalue weighted by Gasteiger charge is 2.32. The predicted octanol–water partition coefficient (Wildman–Crippen LogP) is 3.82. The second-order valence-electron chi connectivity index (χ2n) is 6.75. The fraction of sp³-hybridized carbons (Fsp3) is 0.350. The smallest absolute Gasteiger partial charge is 0.254 e. The molecule has 3 aliphatic heterocycles. The van der Waals surface area contributed by atoms with Gasteiger partial charge in [-0.05, 0) is 42.7 Å². The van der Waals surface area contributed by atoms with Crippen LogP contribution in [0.15, 0.2) is 30.3 Å². The largest absolute Gasteiger partial charge is 0.486 e. The van der Waals surface area contributed by atoms with Gasteiger partial charge in [-0.2, -0.15) is 0 Å².